The van der Waals surface area contributed by atoms with E-state index < -0.39 is 47.7 Å². The summed E-state index contributed by atoms with van der Waals surface area (Å²) in [6.45, 7) is 1.51. The van der Waals surface area contributed by atoms with Crippen molar-refractivity contribution < 1.29 is 17.1 Å². The lowest BCUT2D eigenvalue weighted by atomic mass is 9.62. The number of hydrogen-bond acceptors (Lipinski definition) is 4. The maximum Gasteiger partial charge on any atom is 0.164 e. The summed E-state index contributed by atoms with van der Waals surface area (Å²) >= 11 is 0. The highest BCUT2D eigenvalue weighted by molar-refractivity contribution is 5.94. The quantitative estimate of drug-likeness (QED) is 0.189. The highest BCUT2D eigenvalue weighted by atomic mass is 16.5. The zero-order valence-electron chi connectivity index (χ0n) is 36.2. The van der Waals surface area contributed by atoms with Gasteiger partial charge in [-0.1, -0.05) is 157 Å². The first-order valence-corrected chi connectivity index (χ1v) is 16.5. The number of ether oxygens (including phenoxy) is 1. The van der Waals surface area contributed by atoms with Crippen LogP contribution in [0.25, 0.3) is 57.1 Å². The number of aromatic nitrogens is 3. The van der Waals surface area contributed by atoms with E-state index in [1.54, 1.807) is 0 Å². The molecular weight excluding hydrogens is 623 g/mol. The summed E-state index contributed by atoms with van der Waals surface area (Å²) in [6, 6.07) is 30.1. The SMILES string of the molecule is [2H]c1c([2H])c([2H])c(-c2nc(-c3ccc4c(c3)C3(c5ccccc5C=C4)c4ccccc4Oc4c3ccc3ccccc43)nc(-c3c([2H])c([2H])c([2H])c(C)c3[2H])n2)c([2H])c1[2H]. The Hall–Kier alpha value is -6.65. The molecule has 10 rings (SSSR count). The summed E-state index contributed by atoms with van der Waals surface area (Å²) in [6.07, 6.45) is 4.17. The second-order valence-electron chi connectivity index (χ2n) is 12.5. The second-order valence-corrected chi connectivity index (χ2v) is 12.5. The van der Waals surface area contributed by atoms with Crippen molar-refractivity contribution in [2.75, 3.05) is 0 Å². The van der Waals surface area contributed by atoms with E-state index >= 15 is 0 Å². The Balaban J connectivity index is 1.32. The molecule has 8 aromatic rings. The molecule has 1 atom stereocenters. The number of para-hydroxylation sites is 1. The van der Waals surface area contributed by atoms with Crippen molar-refractivity contribution in [3.8, 4) is 45.7 Å². The molecule has 4 nitrogen and oxygen atoms in total. The largest absolute Gasteiger partial charge is 0.456 e. The zero-order valence-corrected chi connectivity index (χ0v) is 27.2. The Morgan fingerprint density at radius 1 is 0.549 bits per heavy atom. The summed E-state index contributed by atoms with van der Waals surface area (Å²) in [5, 5.41) is 1.96. The van der Waals surface area contributed by atoms with Gasteiger partial charge in [-0.25, -0.2) is 15.0 Å². The lowest BCUT2D eigenvalue weighted by molar-refractivity contribution is 0.439. The van der Waals surface area contributed by atoms with Gasteiger partial charge in [-0.15, -0.1) is 0 Å². The third kappa shape index (κ3) is 4.57. The van der Waals surface area contributed by atoms with Crippen molar-refractivity contribution in [1.82, 2.24) is 15.0 Å². The summed E-state index contributed by atoms with van der Waals surface area (Å²) in [7, 11) is 0. The van der Waals surface area contributed by atoms with Crippen LogP contribution in [0.2, 0.25) is 0 Å². The standard InChI is InChI=1S/C47H31N3O/c1-30-12-11-17-35(28-30)45-48-44(34-15-3-2-4-16-34)49-46(50-45)36-25-24-33-23-22-32-14-6-8-19-38(32)47(41(33)29-36)39-20-9-10-21-42(39)51-43-37-18-7-5-13-31(37)26-27-40(43)47/h2-29H,1H3/i2D,3D,4D,11D,12D,15D,16D,17D,28D. The normalized spacial score (nSPS) is 17.8. The number of fused-ring (bicyclic) bond motifs is 10. The fourth-order valence-corrected chi connectivity index (χ4v) is 7.46. The van der Waals surface area contributed by atoms with Crippen LogP contribution in [0, 0.1) is 6.92 Å². The third-order valence-electron chi connectivity index (χ3n) is 9.64. The molecule has 4 heteroatoms. The number of hydrogen-bond donors (Lipinski definition) is 0. The number of nitrogens with zero attached hydrogens (tertiary/aromatic N) is 3. The van der Waals surface area contributed by atoms with Crippen molar-refractivity contribution in [1.29, 1.82) is 0 Å². The van der Waals surface area contributed by atoms with Crippen LogP contribution < -0.4 is 4.74 Å². The summed E-state index contributed by atoms with van der Waals surface area (Å²) in [4.78, 5) is 14.2. The summed E-state index contributed by atoms with van der Waals surface area (Å²) in [5.74, 6) is 0.963. The Kier molecular flexibility index (Phi) is 4.82. The Morgan fingerprint density at radius 2 is 1.24 bits per heavy atom. The molecule has 1 unspecified atom stereocenters. The van der Waals surface area contributed by atoms with Crippen molar-refractivity contribution >= 4 is 22.9 Å². The molecule has 2 heterocycles. The molecule has 0 radical (unpaired) electrons. The molecule has 0 amide bonds. The van der Waals surface area contributed by atoms with Crippen LogP contribution in [0.15, 0.2) is 158 Å². The second kappa shape index (κ2) is 11.5. The van der Waals surface area contributed by atoms with E-state index in [2.05, 4.69) is 59.6 Å². The smallest absolute Gasteiger partial charge is 0.164 e. The fraction of sp³-hybridized carbons (Fsp3) is 0.0426. The van der Waals surface area contributed by atoms with Gasteiger partial charge in [-0.2, -0.15) is 0 Å². The van der Waals surface area contributed by atoms with Crippen LogP contribution in [-0.4, -0.2) is 15.0 Å². The first kappa shape index (κ1) is 21.4. The van der Waals surface area contributed by atoms with Gasteiger partial charge in [0.25, 0.3) is 0 Å². The molecule has 0 saturated heterocycles. The van der Waals surface area contributed by atoms with Crippen molar-refractivity contribution in [2.45, 2.75) is 12.3 Å². The van der Waals surface area contributed by atoms with E-state index in [4.69, 9.17) is 27.0 Å². The van der Waals surface area contributed by atoms with E-state index in [1.165, 1.54) is 6.92 Å². The van der Waals surface area contributed by atoms with Crippen LogP contribution >= 0.6 is 0 Å². The molecule has 1 aliphatic heterocycles. The van der Waals surface area contributed by atoms with E-state index in [0.717, 1.165) is 49.9 Å². The number of benzene rings is 7. The molecule has 0 fully saturated rings. The predicted molar refractivity (Wildman–Crippen MR) is 206 cm³/mol. The van der Waals surface area contributed by atoms with Crippen molar-refractivity contribution in [3.63, 3.8) is 0 Å². The van der Waals surface area contributed by atoms with Crippen LogP contribution in [0.1, 0.15) is 51.3 Å². The van der Waals surface area contributed by atoms with Gasteiger partial charge in [0.2, 0.25) is 0 Å². The Morgan fingerprint density at radius 3 is 2.10 bits per heavy atom. The van der Waals surface area contributed by atoms with Gasteiger partial charge in [-0.05, 0) is 52.7 Å². The minimum absolute atomic E-state index is 0.0401. The fourth-order valence-electron chi connectivity index (χ4n) is 7.46. The predicted octanol–water partition coefficient (Wildman–Crippen LogP) is 11.3. The van der Waals surface area contributed by atoms with Crippen LogP contribution in [-0.2, 0) is 5.41 Å². The first-order valence-electron chi connectivity index (χ1n) is 21.0. The summed E-state index contributed by atoms with van der Waals surface area (Å²) in [5.41, 5.74) is 4.81. The van der Waals surface area contributed by atoms with E-state index in [-0.39, 0.29) is 46.2 Å². The highest BCUT2D eigenvalue weighted by Gasteiger charge is 2.48. The van der Waals surface area contributed by atoms with E-state index in [0.29, 0.717) is 11.3 Å². The Bertz CT molecular complexity index is 3080. The molecule has 1 spiro atoms. The summed E-state index contributed by atoms with van der Waals surface area (Å²) < 4.78 is 84.3. The monoisotopic (exact) mass is 662 g/mol. The van der Waals surface area contributed by atoms with E-state index in [9.17, 15) is 0 Å². The topological polar surface area (TPSA) is 47.9 Å². The number of rotatable bonds is 3. The first-order chi connectivity index (χ1) is 28.9. The van der Waals surface area contributed by atoms with Crippen molar-refractivity contribution in [2.24, 2.45) is 0 Å². The van der Waals surface area contributed by atoms with E-state index in [1.807, 2.05) is 60.7 Å². The maximum absolute atomic E-state index is 8.98. The lowest BCUT2D eigenvalue weighted by Gasteiger charge is -2.42. The molecule has 0 saturated carbocycles. The Labute approximate surface area is 309 Å². The van der Waals surface area contributed by atoms with Crippen molar-refractivity contribution in [3.05, 3.63) is 196 Å². The van der Waals surface area contributed by atoms with Gasteiger partial charge in [-0.3, -0.25) is 0 Å². The molecule has 51 heavy (non-hydrogen) atoms. The van der Waals surface area contributed by atoms with Gasteiger partial charge in [0.1, 0.15) is 11.5 Å². The minimum Gasteiger partial charge on any atom is -0.456 e. The molecule has 0 bridgehead atoms. The van der Waals surface area contributed by atoms with Crippen LogP contribution in [0.3, 0.4) is 0 Å². The van der Waals surface area contributed by atoms with Gasteiger partial charge in [0, 0.05) is 33.2 Å². The molecule has 1 aromatic heterocycles. The minimum atomic E-state index is -0.963. The molecule has 0 N–H and O–H groups in total. The average Bonchev–Trinajstić information content (AvgIpc) is 3.41. The molecule has 240 valence electrons. The van der Waals surface area contributed by atoms with Gasteiger partial charge < -0.3 is 4.74 Å². The molecule has 2 aliphatic rings. The van der Waals surface area contributed by atoms with Crippen LogP contribution in [0.5, 0.6) is 11.5 Å². The molecule has 7 aromatic carbocycles. The zero-order chi connectivity index (χ0) is 41.8. The third-order valence-corrected chi connectivity index (χ3v) is 9.64. The molecule has 1 aliphatic carbocycles. The maximum atomic E-state index is 8.98. The highest BCUT2D eigenvalue weighted by Crippen LogP contribution is 2.59. The lowest BCUT2D eigenvalue weighted by Crippen LogP contribution is -2.35. The van der Waals surface area contributed by atoms with Gasteiger partial charge in [0.15, 0.2) is 17.5 Å². The average molecular weight is 663 g/mol. The van der Waals surface area contributed by atoms with Gasteiger partial charge in [0.05, 0.1) is 17.8 Å². The molecular formula is C47H31N3O. The van der Waals surface area contributed by atoms with Gasteiger partial charge >= 0.3 is 0 Å². The van der Waals surface area contributed by atoms with Crippen LogP contribution in [0.4, 0.5) is 0 Å².